The minimum atomic E-state index is -0.427. The number of hydrogen-bond donors (Lipinski definition) is 3. The van der Waals surface area contributed by atoms with Crippen LogP contribution in [0, 0.1) is 11.3 Å². The van der Waals surface area contributed by atoms with E-state index in [1.54, 1.807) is 7.05 Å². The lowest BCUT2D eigenvalue weighted by Gasteiger charge is -2.12. The lowest BCUT2D eigenvalue weighted by Crippen LogP contribution is -2.22. The highest BCUT2D eigenvalue weighted by atomic mass is 32.2. The van der Waals surface area contributed by atoms with Crippen molar-refractivity contribution >= 4 is 50.1 Å². The quantitative estimate of drug-likeness (QED) is 0.344. The molecule has 0 bridgehead atoms. The summed E-state index contributed by atoms with van der Waals surface area (Å²) in [6.07, 6.45) is 8.85. The van der Waals surface area contributed by atoms with Crippen molar-refractivity contribution in [3.63, 3.8) is 0 Å². The maximum absolute atomic E-state index is 12.6. The molecule has 1 heterocycles. The largest absolute Gasteiger partial charge is 0.378 e. The molecule has 0 fully saturated rings. The molecule has 10 heteroatoms. The first kappa shape index (κ1) is 21.4. The molecule has 1 aromatic heterocycles. The maximum atomic E-state index is 12.6. The summed E-state index contributed by atoms with van der Waals surface area (Å²) in [5.41, 5.74) is 7.26. The molecule has 0 aromatic carbocycles. The number of anilines is 1. The van der Waals surface area contributed by atoms with Gasteiger partial charge in [-0.25, -0.2) is 0 Å². The Kier molecular flexibility index (Phi) is 7.32. The van der Waals surface area contributed by atoms with E-state index in [1.807, 2.05) is 12.2 Å². The number of hydrogen-bond acceptors (Lipinski definition) is 8. The van der Waals surface area contributed by atoms with Gasteiger partial charge >= 0.3 is 0 Å². The first-order valence-corrected chi connectivity index (χ1v) is 11.1. The number of amides is 1. The van der Waals surface area contributed by atoms with Gasteiger partial charge < -0.3 is 5.73 Å². The summed E-state index contributed by atoms with van der Waals surface area (Å²) in [5, 5.41) is 21.0. The van der Waals surface area contributed by atoms with Crippen molar-refractivity contribution < 1.29 is 9.59 Å². The number of nitrogens with two attached hydrogens (primary N) is 1. The molecule has 1 unspecified atom stereocenters. The van der Waals surface area contributed by atoms with Crippen LogP contribution in [0.4, 0.5) is 5.13 Å². The number of carbonyl (C=O) groups excluding carboxylic acids is 2. The number of allylic oxidation sites excluding steroid dienone is 3. The molecule has 0 spiro atoms. The highest BCUT2D eigenvalue weighted by Crippen LogP contribution is 2.36. The Morgan fingerprint density at radius 2 is 2.28 bits per heavy atom. The predicted molar refractivity (Wildman–Crippen MR) is 117 cm³/mol. The van der Waals surface area contributed by atoms with Crippen LogP contribution in [0.1, 0.15) is 43.5 Å². The Morgan fingerprint density at radius 1 is 1.45 bits per heavy atom. The van der Waals surface area contributed by atoms with Crippen LogP contribution in [0.5, 0.6) is 0 Å². The summed E-state index contributed by atoms with van der Waals surface area (Å²) in [6.45, 7) is 0. The number of Topliss-reactive ketones (excluding diaryl/α,β-unsaturated/α-hetero) is 1. The summed E-state index contributed by atoms with van der Waals surface area (Å²) in [4.78, 5) is 28.6. The van der Waals surface area contributed by atoms with Gasteiger partial charge in [-0.3, -0.25) is 25.3 Å². The molecule has 2 aliphatic rings. The Morgan fingerprint density at radius 3 is 3.07 bits per heavy atom. The standard InChI is InChI=1S/C19H24N6O2S2/c1-22-18(21)28-15(20)8-4-5-9-16-24-25-19(29-16)23-17(27)13-10-14(26)12-7-3-2-6-11(12)13/h2,6,13,20H,3-5,7-10H2,1H3,(H2,21,22)(H,23,25,27). The van der Waals surface area contributed by atoms with E-state index in [9.17, 15) is 9.59 Å². The molecule has 2 aliphatic carbocycles. The van der Waals surface area contributed by atoms with Crippen molar-refractivity contribution in [2.24, 2.45) is 16.6 Å². The third-order valence-corrected chi connectivity index (χ3v) is 6.56. The Bertz CT molecular complexity index is 902. The second-order valence-corrected chi connectivity index (χ2v) is 9.02. The number of nitrogens with zero attached hydrogens (tertiary/aromatic N) is 3. The van der Waals surface area contributed by atoms with Gasteiger partial charge in [0.25, 0.3) is 0 Å². The number of nitrogens with one attached hydrogen (secondary N) is 2. The molecule has 1 amide bonds. The fourth-order valence-corrected chi connectivity index (χ4v) is 4.72. The average molecular weight is 433 g/mol. The summed E-state index contributed by atoms with van der Waals surface area (Å²) in [7, 11) is 1.60. The number of unbranched alkanes of at least 4 members (excludes halogenated alkanes) is 1. The molecule has 0 saturated carbocycles. The lowest BCUT2D eigenvalue weighted by atomic mass is 9.94. The smallest absolute Gasteiger partial charge is 0.234 e. The van der Waals surface area contributed by atoms with Crippen LogP contribution in [0.15, 0.2) is 28.3 Å². The second-order valence-electron chi connectivity index (χ2n) is 6.84. The van der Waals surface area contributed by atoms with Crippen LogP contribution in [0.3, 0.4) is 0 Å². The third kappa shape index (κ3) is 5.60. The molecule has 1 aromatic rings. The van der Waals surface area contributed by atoms with Gasteiger partial charge in [0.05, 0.1) is 11.0 Å². The number of thioether (sulfide) groups is 1. The number of ketones is 1. The Labute approximate surface area is 177 Å². The zero-order valence-electron chi connectivity index (χ0n) is 16.2. The van der Waals surface area contributed by atoms with Crippen molar-refractivity contribution in [2.45, 2.75) is 44.9 Å². The minimum Gasteiger partial charge on any atom is -0.378 e. The average Bonchev–Trinajstić information content (AvgIpc) is 3.29. The first-order chi connectivity index (χ1) is 14.0. The molecule has 3 rings (SSSR count). The summed E-state index contributed by atoms with van der Waals surface area (Å²) >= 11 is 2.53. The number of amidine groups is 1. The first-order valence-electron chi connectivity index (χ1n) is 9.51. The van der Waals surface area contributed by atoms with E-state index in [1.165, 1.54) is 23.1 Å². The number of carbonyl (C=O) groups is 2. The van der Waals surface area contributed by atoms with Crippen LogP contribution < -0.4 is 11.1 Å². The van der Waals surface area contributed by atoms with Gasteiger partial charge in [0.15, 0.2) is 11.0 Å². The lowest BCUT2D eigenvalue weighted by molar-refractivity contribution is -0.122. The normalized spacial score (nSPS) is 18.9. The van der Waals surface area contributed by atoms with Gasteiger partial charge in [0.2, 0.25) is 11.0 Å². The van der Waals surface area contributed by atoms with Gasteiger partial charge in [0, 0.05) is 19.9 Å². The molecule has 0 radical (unpaired) electrons. The minimum absolute atomic E-state index is 0.0816. The van der Waals surface area contributed by atoms with Crippen molar-refractivity contribution in [1.29, 1.82) is 5.41 Å². The zero-order chi connectivity index (χ0) is 20.8. The van der Waals surface area contributed by atoms with E-state index < -0.39 is 5.92 Å². The van der Waals surface area contributed by atoms with Crippen molar-refractivity contribution in [3.8, 4) is 0 Å². The van der Waals surface area contributed by atoms with E-state index in [0.717, 1.165) is 48.3 Å². The number of aliphatic imine (C=N–C) groups is 1. The van der Waals surface area contributed by atoms with Crippen molar-refractivity contribution in [3.05, 3.63) is 28.3 Å². The molecule has 154 valence electrons. The molecule has 1 atom stereocenters. The molecule has 4 N–H and O–H groups in total. The van der Waals surface area contributed by atoms with E-state index in [-0.39, 0.29) is 18.1 Å². The SMILES string of the molecule is CN=C(N)SC(=N)CCCCc1nnc(NC(=O)C2CC(=O)C3=C2C=CCC3)s1. The molecular formula is C19H24N6O2S2. The Balaban J connectivity index is 1.45. The van der Waals surface area contributed by atoms with Crippen LogP contribution in [-0.4, -0.2) is 39.1 Å². The highest BCUT2D eigenvalue weighted by molar-refractivity contribution is 8.26. The number of rotatable bonds is 7. The fraction of sp³-hybridized carbons (Fsp3) is 0.474. The fourth-order valence-electron chi connectivity index (χ4n) is 3.34. The Hall–Kier alpha value is -2.33. The van der Waals surface area contributed by atoms with Crippen molar-refractivity contribution in [1.82, 2.24) is 10.2 Å². The number of aryl methyl sites for hydroxylation is 1. The predicted octanol–water partition coefficient (Wildman–Crippen LogP) is 3.08. The van der Waals surface area contributed by atoms with E-state index in [4.69, 9.17) is 11.1 Å². The van der Waals surface area contributed by atoms with Gasteiger partial charge in [0.1, 0.15) is 5.01 Å². The molecule has 0 saturated heterocycles. The topological polar surface area (TPSA) is 134 Å². The monoisotopic (exact) mass is 432 g/mol. The van der Waals surface area contributed by atoms with Crippen LogP contribution in [0.2, 0.25) is 0 Å². The van der Waals surface area contributed by atoms with Crippen LogP contribution in [-0.2, 0) is 16.0 Å². The molecule has 29 heavy (non-hydrogen) atoms. The third-order valence-electron chi connectivity index (χ3n) is 4.81. The summed E-state index contributed by atoms with van der Waals surface area (Å²) < 4.78 is 0. The maximum Gasteiger partial charge on any atom is 0.234 e. The van der Waals surface area contributed by atoms with Crippen LogP contribution in [0.25, 0.3) is 0 Å². The van der Waals surface area contributed by atoms with Crippen molar-refractivity contribution in [2.75, 3.05) is 12.4 Å². The van der Waals surface area contributed by atoms with Gasteiger partial charge in [-0.05, 0) is 55.0 Å². The molecule has 0 aliphatic heterocycles. The van der Waals surface area contributed by atoms with E-state index in [0.29, 0.717) is 21.8 Å². The molecular weight excluding hydrogens is 408 g/mol. The second kappa shape index (κ2) is 9.93. The van der Waals surface area contributed by atoms with E-state index >= 15 is 0 Å². The van der Waals surface area contributed by atoms with Gasteiger partial charge in [-0.2, -0.15) is 0 Å². The molecule has 8 nitrogen and oxygen atoms in total. The summed E-state index contributed by atoms with van der Waals surface area (Å²) in [6, 6.07) is 0. The van der Waals surface area contributed by atoms with Gasteiger partial charge in [-0.15, -0.1) is 10.2 Å². The summed E-state index contributed by atoms with van der Waals surface area (Å²) in [5.74, 6) is -0.541. The van der Waals surface area contributed by atoms with E-state index in [2.05, 4.69) is 20.5 Å². The van der Waals surface area contributed by atoms with Crippen LogP contribution >= 0.6 is 23.1 Å². The van der Waals surface area contributed by atoms with Gasteiger partial charge in [-0.1, -0.05) is 23.5 Å². The highest BCUT2D eigenvalue weighted by Gasteiger charge is 2.36. The number of aromatic nitrogens is 2. The zero-order valence-corrected chi connectivity index (χ0v) is 17.9.